The molecule has 0 aliphatic rings. The van der Waals surface area contributed by atoms with E-state index in [0.717, 1.165) is 0 Å². The Morgan fingerprint density at radius 2 is 0.815 bits per heavy atom. The lowest BCUT2D eigenvalue weighted by molar-refractivity contribution is -0.803. The van der Waals surface area contributed by atoms with Crippen LogP contribution in [-0.2, 0) is 14.5 Å². The summed E-state index contributed by atoms with van der Waals surface area (Å²) >= 11 is 0. The largest absolute Gasteiger partial charge is 0.328 e. The molecule has 0 aromatic heterocycles. The minimum Gasteiger partial charge on any atom is -0.328 e. The van der Waals surface area contributed by atoms with Crippen LogP contribution in [0.5, 0.6) is 0 Å². The summed E-state index contributed by atoms with van der Waals surface area (Å²) in [6.45, 7) is -1.69. The molecule has 0 aromatic carbocycles. The topological polar surface area (TPSA) is 347 Å². The van der Waals surface area contributed by atoms with E-state index in [1.807, 2.05) is 0 Å². The van der Waals surface area contributed by atoms with Gasteiger partial charge in [0.25, 0.3) is 30.5 Å². The Morgan fingerprint density at radius 1 is 0.593 bits per heavy atom. The van der Waals surface area contributed by atoms with Crippen molar-refractivity contribution in [1.29, 1.82) is 0 Å². The van der Waals surface area contributed by atoms with Crippen LogP contribution in [0, 0.1) is 60.7 Å². The zero-order chi connectivity index (χ0) is 22.6. The SMILES string of the molecule is O=[N+]([O-])O.O=[N+]([O-])O.O=[N+]([O-])O.O=[N+]([O-])OCC(CO[N+](=O)[O-])O[N+](=O)[O-]. The number of rotatable bonds is 8. The first-order valence-electron chi connectivity index (χ1n) is 4.97. The molecular formula is C3H8N6O18. The summed E-state index contributed by atoms with van der Waals surface area (Å²) in [4.78, 5) is 65.6. The van der Waals surface area contributed by atoms with Crippen molar-refractivity contribution in [1.82, 2.24) is 0 Å². The summed E-state index contributed by atoms with van der Waals surface area (Å²) in [5.41, 5.74) is 0. The molecule has 0 aliphatic heterocycles. The zero-order valence-electron chi connectivity index (χ0n) is 12.1. The Hall–Kier alpha value is -4.80. The Bertz CT molecular complexity index is 431. The summed E-state index contributed by atoms with van der Waals surface area (Å²) in [7, 11) is 0. The van der Waals surface area contributed by atoms with Crippen LogP contribution >= 0.6 is 0 Å². The van der Waals surface area contributed by atoms with Crippen molar-refractivity contribution < 1.29 is 60.7 Å². The van der Waals surface area contributed by atoms with Crippen LogP contribution < -0.4 is 0 Å². The molecule has 3 N–H and O–H groups in total. The Labute approximate surface area is 142 Å². The lowest BCUT2D eigenvalue weighted by Gasteiger charge is -2.11. The lowest BCUT2D eigenvalue weighted by Crippen LogP contribution is -2.30. The minimum absolute atomic E-state index is 0.845. The highest BCUT2D eigenvalue weighted by molar-refractivity contribution is 4.49. The van der Waals surface area contributed by atoms with Crippen molar-refractivity contribution in [2.24, 2.45) is 0 Å². The van der Waals surface area contributed by atoms with Gasteiger partial charge >= 0.3 is 0 Å². The van der Waals surface area contributed by atoms with E-state index in [4.69, 9.17) is 46.0 Å². The van der Waals surface area contributed by atoms with Gasteiger partial charge in [0.15, 0.2) is 6.10 Å². The second-order valence-electron chi connectivity index (χ2n) is 2.70. The van der Waals surface area contributed by atoms with E-state index >= 15 is 0 Å². The maximum Gasteiger partial charge on any atom is 0.294 e. The van der Waals surface area contributed by atoms with Gasteiger partial charge < -0.3 is 30.1 Å². The molecule has 0 rings (SSSR count). The van der Waals surface area contributed by atoms with E-state index in [1.165, 1.54) is 0 Å². The van der Waals surface area contributed by atoms with Gasteiger partial charge in [-0.05, 0) is 0 Å². The average molecular weight is 416 g/mol. The zero-order valence-corrected chi connectivity index (χ0v) is 12.1. The monoisotopic (exact) mass is 416 g/mol. The van der Waals surface area contributed by atoms with E-state index in [1.54, 1.807) is 0 Å². The van der Waals surface area contributed by atoms with Gasteiger partial charge in [-0.15, -0.1) is 60.7 Å². The fraction of sp³-hybridized carbons (Fsp3) is 1.00. The molecule has 0 aromatic rings. The molecule has 0 bridgehead atoms. The Balaban J connectivity index is -0.000000179. The van der Waals surface area contributed by atoms with Gasteiger partial charge in [0.05, 0.1) is 0 Å². The van der Waals surface area contributed by atoms with E-state index in [0.29, 0.717) is 0 Å². The molecule has 0 atom stereocenters. The minimum atomic E-state index is -1.55. The molecule has 0 saturated heterocycles. The van der Waals surface area contributed by atoms with E-state index < -0.39 is 49.8 Å². The first kappa shape index (κ1) is 30.1. The number of nitrogens with zero attached hydrogens (tertiary/aromatic N) is 6. The summed E-state index contributed by atoms with van der Waals surface area (Å²) in [6.07, 6.45) is -1.55. The van der Waals surface area contributed by atoms with Gasteiger partial charge in [-0.3, -0.25) is 0 Å². The summed E-state index contributed by atoms with van der Waals surface area (Å²) < 4.78 is 0. The first-order valence-corrected chi connectivity index (χ1v) is 4.97. The van der Waals surface area contributed by atoms with Crippen LogP contribution in [0.2, 0.25) is 0 Å². The third-order valence-corrected chi connectivity index (χ3v) is 0.967. The fourth-order valence-corrected chi connectivity index (χ4v) is 0.519. The Kier molecular flexibility index (Phi) is 21.5. The molecule has 0 saturated carbocycles. The standard InChI is InChI=1S/C3H5N3O9.3HNO3/c7-4(8)13-1-3(15-6(11)12)2-14-5(9)10;3*2-1(3)4/h3H,1-2H2;3*(H,2,3,4). The normalized spacial score (nSPS) is 7.89. The van der Waals surface area contributed by atoms with Crippen LogP contribution in [0.15, 0.2) is 0 Å². The summed E-state index contributed by atoms with van der Waals surface area (Å²) in [5.74, 6) is 0. The second-order valence-corrected chi connectivity index (χ2v) is 2.70. The quantitative estimate of drug-likeness (QED) is 0.282. The molecule has 158 valence electrons. The van der Waals surface area contributed by atoms with Gasteiger partial charge in [-0.25, -0.2) is 0 Å². The number of hydrogen-bond donors (Lipinski definition) is 3. The van der Waals surface area contributed by atoms with Crippen molar-refractivity contribution in [3.05, 3.63) is 60.7 Å². The highest BCUT2D eigenvalue weighted by Crippen LogP contribution is 1.96. The van der Waals surface area contributed by atoms with Gasteiger partial charge in [0.1, 0.15) is 13.2 Å². The highest BCUT2D eigenvalue weighted by Gasteiger charge is 2.17. The van der Waals surface area contributed by atoms with E-state index in [2.05, 4.69) is 14.5 Å². The molecule has 0 fully saturated rings. The molecule has 0 radical (unpaired) electrons. The van der Waals surface area contributed by atoms with Crippen LogP contribution in [0.3, 0.4) is 0 Å². The first-order chi connectivity index (χ1) is 12.1. The van der Waals surface area contributed by atoms with Crippen molar-refractivity contribution >= 4 is 0 Å². The molecule has 27 heavy (non-hydrogen) atoms. The van der Waals surface area contributed by atoms with Crippen molar-refractivity contribution in [2.75, 3.05) is 13.2 Å². The predicted molar refractivity (Wildman–Crippen MR) is 64.1 cm³/mol. The molecule has 0 unspecified atom stereocenters. The average Bonchev–Trinajstić information content (AvgIpc) is 2.39. The summed E-state index contributed by atoms with van der Waals surface area (Å²) in [6, 6.07) is 0. The molecule has 0 amide bonds. The van der Waals surface area contributed by atoms with Crippen molar-refractivity contribution in [3.8, 4) is 0 Å². The summed E-state index contributed by atoms with van der Waals surface area (Å²) in [5, 5.41) is 66.5. The van der Waals surface area contributed by atoms with Crippen molar-refractivity contribution in [3.63, 3.8) is 0 Å². The van der Waals surface area contributed by atoms with Crippen LogP contribution in [0.25, 0.3) is 0 Å². The smallest absolute Gasteiger partial charge is 0.294 e. The van der Waals surface area contributed by atoms with Gasteiger partial charge in [-0.1, -0.05) is 0 Å². The second kappa shape index (κ2) is 19.2. The maximum atomic E-state index is 9.83. The molecule has 0 spiro atoms. The fourth-order valence-electron chi connectivity index (χ4n) is 0.519. The predicted octanol–water partition coefficient (Wildman–Crippen LogP) is -2.06. The molecule has 0 heterocycles. The third-order valence-electron chi connectivity index (χ3n) is 0.967. The molecular weight excluding hydrogens is 408 g/mol. The van der Waals surface area contributed by atoms with Gasteiger partial charge in [0.2, 0.25) is 0 Å². The van der Waals surface area contributed by atoms with Gasteiger partial charge in [-0.2, -0.15) is 0 Å². The Morgan fingerprint density at radius 3 is 0.963 bits per heavy atom. The third kappa shape index (κ3) is 92.3. The van der Waals surface area contributed by atoms with Crippen LogP contribution in [0.1, 0.15) is 0 Å². The van der Waals surface area contributed by atoms with Gasteiger partial charge in [0, 0.05) is 0 Å². The van der Waals surface area contributed by atoms with Crippen LogP contribution in [0.4, 0.5) is 0 Å². The molecule has 24 nitrogen and oxygen atoms in total. The van der Waals surface area contributed by atoms with Crippen molar-refractivity contribution in [2.45, 2.75) is 6.10 Å². The van der Waals surface area contributed by atoms with E-state index in [9.17, 15) is 30.3 Å². The maximum absolute atomic E-state index is 9.83. The lowest BCUT2D eigenvalue weighted by atomic mass is 10.4. The van der Waals surface area contributed by atoms with E-state index in [-0.39, 0.29) is 0 Å². The molecule has 24 heteroatoms. The molecule has 0 aliphatic carbocycles. The highest BCUT2D eigenvalue weighted by atomic mass is 17.0. The van der Waals surface area contributed by atoms with Crippen LogP contribution in [-0.4, -0.2) is 65.5 Å². The number of hydrogen-bond acceptors (Lipinski definition) is 15.